The highest BCUT2D eigenvalue weighted by atomic mass is 16.5. The fourth-order valence-electron chi connectivity index (χ4n) is 1.79. The highest BCUT2D eigenvalue weighted by Gasteiger charge is 2.22. The van der Waals surface area contributed by atoms with E-state index in [0.29, 0.717) is 11.5 Å². The van der Waals surface area contributed by atoms with Gasteiger partial charge in [0.25, 0.3) is 0 Å². The van der Waals surface area contributed by atoms with Crippen LogP contribution in [0, 0.1) is 6.92 Å². The molecule has 0 aliphatic rings. The number of hydrogen-bond acceptors (Lipinski definition) is 4. The number of carbonyl (C=O) groups is 1. The van der Waals surface area contributed by atoms with Crippen LogP contribution >= 0.6 is 0 Å². The van der Waals surface area contributed by atoms with E-state index in [9.17, 15) is 4.79 Å². The molecule has 1 atom stereocenters. The lowest BCUT2D eigenvalue weighted by molar-refractivity contribution is -0.138. The summed E-state index contributed by atoms with van der Waals surface area (Å²) in [5.41, 5.74) is 1.58. The summed E-state index contributed by atoms with van der Waals surface area (Å²) >= 11 is 0. The predicted octanol–water partition coefficient (Wildman–Crippen LogP) is 1.92. The lowest BCUT2D eigenvalue weighted by atomic mass is 10.1. The highest BCUT2D eigenvalue weighted by Crippen LogP contribution is 2.37. The quantitative estimate of drug-likeness (QED) is 0.868. The van der Waals surface area contributed by atoms with Crippen LogP contribution in [0.3, 0.4) is 0 Å². The molecule has 5 heteroatoms. The molecule has 1 N–H and O–H groups in total. The van der Waals surface area contributed by atoms with Crippen LogP contribution in [0.15, 0.2) is 12.1 Å². The maximum atomic E-state index is 11.0. The Labute approximate surface area is 107 Å². The second kappa shape index (κ2) is 5.62. The molecule has 100 valence electrons. The number of benzene rings is 1. The van der Waals surface area contributed by atoms with Crippen LogP contribution < -0.4 is 14.4 Å². The van der Waals surface area contributed by atoms with Crippen LogP contribution in [0.4, 0.5) is 5.69 Å². The summed E-state index contributed by atoms with van der Waals surface area (Å²) in [7, 11) is 4.87. The number of ether oxygens (including phenoxy) is 2. The number of methoxy groups -OCH3 is 2. The molecule has 0 aromatic heterocycles. The molecule has 0 amide bonds. The summed E-state index contributed by atoms with van der Waals surface area (Å²) in [6.45, 7) is 3.50. The Balaban J connectivity index is 3.25. The van der Waals surface area contributed by atoms with Gasteiger partial charge in [-0.15, -0.1) is 0 Å². The average molecular weight is 253 g/mol. The Hall–Kier alpha value is -1.91. The maximum Gasteiger partial charge on any atom is 0.326 e. The molecule has 0 heterocycles. The summed E-state index contributed by atoms with van der Waals surface area (Å²) < 4.78 is 10.6. The van der Waals surface area contributed by atoms with Crippen molar-refractivity contribution in [3.05, 3.63) is 17.7 Å². The lowest BCUT2D eigenvalue weighted by Gasteiger charge is -2.26. The lowest BCUT2D eigenvalue weighted by Crippen LogP contribution is -2.36. The number of carboxylic acid groups (broad SMARTS) is 1. The van der Waals surface area contributed by atoms with E-state index in [-0.39, 0.29) is 0 Å². The van der Waals surface area contributed by atoms with Crippen molar-refractivity contribution in [2.75, 3.05) is 26.2 Å². The molecular weight excluding hydrogens is 234 g/mol. The number of hydrogen-bond donors (Lipinski definition) is 1. The molecule has 5 nitrogen and oxygen atoms in total. The molecule has 1 unspecified atom stereocenters. The van der Waals surface area contributed by atoms with E-state index >= 15 is 0 Å². The predicted molar refractivity (Wildman–Crippen MR) is 69.8 cm³/mol. The first kappa shape index (κ1) is 14.2. The van der Waals surface area contributed by atoms with Crippen LogP contribution in [0.2, 0.25) is 0 Å². The molecule has 0 bridgehead atoms. The number of carboxylic acids is 1. The van der Waals surface area contributed by atoms with Crippen molar-refractivity contribution < 1.29 is 19.4 Å². The van der Waals surface area contributed by atoms with Crippen molar-refractivity contribution in [1.29, 1.82) is 0 Å². The summed E-state index contributed by atoms with van der Waals surface area (Å²) in [5.74, 6) is 0.463. The van der Waals surface area contributed by atoms with E-state index in [1.165, 1.54) is 0 Å². The second-order valence-corrected chi connectivity index (χ2v) is 4.07. The van der Waals surface area contributed by atoms with Crippen LogP contribution in [-0.2, 0) is 4.79 Å². The Morgan fingerprint density at radius 1 is 1.33 bits per heavy atom. The van der Waals surface area contributed by atoms with Gasteiger partial charge in [-0.25, -0.2) is 4.79 Å². The fourth-order valence-corrected chi connectivity index (χ4v) is 1.79. The minimum absolute atomic E-state index is 0.630. The molecule has 1 aromatic carbocycles. The highest BCUT2D eigenvalue weighted by molar-refractivity contribution is 5.79. The van der Waals surface area contributed by atoms with Gasteiger partial charge in [0.05, 0.1) is 19.9 Å². The molecule has 0 fully saturated rings. The zero-order valence-corrected chi connectivity index (χ0v) is 11.4. The van der Waals surface area contributed by atoms with Crippen molar-refractivity contribution in [3.8, 4) is 11.5 Å². The van der Waals surface area contributed by atoms with Crippen LogP contribution in [0.1, 0.15) is 12.5 Å². The van der Waals surface area contributed by atoms with E-state index in [0.717, 1.165) is 11.3 Å². The monoisotopic (exact) mass is 253 g/mol. The second-order valence-electron chi connectivity index (χ2n) is 4.07. The largest absolute Gasteiger partial charge is 0.496 e. The Morgan fingerprint density at radius 2 is 1.94 bits per heavy atom. The summed E-state index contributed by atoms with van der Waals surface area (Å²) in [5, 5.41) is 9.04. The third-order valence-electron chi connectivity index (χ3n) is 3.08. The molecule has 0 aliphatic carbocycles. The molecule has 0 radical (unpaired) electrons. The minimum atomic E-state index is -0.881. The van der Waals surface area contributed by atoms with Gasteiger partial charge in [0, 0.05) is 12.6 Å². The van der Waals surface area contributed by atoms with Crippen molar-refractivity contribution in [3.63, 3.8) is 0 Å². The molecule has 1 aromatic rings. The van der Waals surface area contributed by atoms with Crippen molar-refractivity contribution >= 4 is 11.7 Å². The van der Waals surface area contributed by atoms with E-state index in [1.54, 1.807) is 45.2 Å². The third-order valence-corrected chi connectivity index (χ3v) is 3.08. The number of likely N-dealkylation sites (N-methyl/N-ethyl adjacent to an activating group) is 1. The first-order valence-corrected chi connectivity index (χ1v) is 5.61. The van der Waals surface area contributed by atoms with Crippen molar-refractivity contribution in [2.24, 2.45) is 0 Å². The summed E-state index contributed by atoms with van der Waals surface area (Å²) in [4.78, 5) is 12.7. The minimum Gasteiger partial charge on any atom is -0.496 e. The number of anilines is 1. The Bertz CT molecular complexity index is 445. The molecule has 0 saturated carbocycles. The zero-order valence-electron chi connectivity index (χ0n) is 11.4. The van der Waals surface area contributed by atoms with Gasteiger partial charge in [-0.05, 0) is 26.0 Å². The number of aliphatic carboxylic acids is 1. The van der Waals surface area contributed by atoms with Gasteiger partial charge in [-0.2, -0.15) is 0 Å². The van der Waals surface area contributed by atoms with E-state index in [4.69, 9.17) is 14.6 Å². The van der Waals surface area contributed by atoms with Gasteiger partial charge >= 0.3 is 5.97 Å². The van der Waals surface area contributed by atoms with Gasteiger partial charge in [-0.1, -0.05) is 0 Å². The molecule has 1 rings (SSSR count). The third kappa shape index (κ3) is 2.50. The van der Waals surface area contributed by atoms with E-state index < -0.39 is 12.0 Å². The average Bonchev–Trinajstić information content (AvgIpc) is 2.36. The van der Waals surface area contributed by atoms with Crippen LogP contribution in [0.25, 0.3) is 0 Å². The Kier molecular flexibility index (Phi) is 4.42. The van der Waals surface area contributed by atoms with Crippen molar-refractivity contribution in [2.45, 2.75) is 19.9 Å². The van der Waals surface area contributed by atoms with Gasteiger partial charge in [0.15, 0.2) is 0 Å². The maximum absolute atomic E-state index is 11.0. The van der Waals surface area contributed by atoms with Gasteiger partial charge < -0.3 is 19.5 Å². The number of rotatable bonds is 5. The smallest absolute Gasteiger partial charge is 0.326 e. The van der Waals surface area contributed by atoms with E-state index in [2.05, 4.69) is 0 Å². The van der Waals surface area contributed by atoms with E-state index in [1.807, 2.05) is 6.92 Å². The summed E-state index contributed by atoms with van der Waals surface area (Å²) in [6, 6.07) is 2.97. The standard InChI is InChI=1S/C13H19NO4/c1-8-11(17-4)7-6-10(12(8)18-5)14(3)9(2)13(15)16/h6-7,9H,1-5H3,(H,15,16). The molecule has 18 heavy (non-hydrogen) atoms. The van der Waals surface area contributed by atoms with Crippen LogP contribution in [-0.4, -0.2) is 38.4 Å². The SMILES string of the molecule is COc1ccc(N(C)C(C)C(=O)O)c(OC)c1C. The first-order valence-electron chi connectivity index (χ1n) is 5.61. The normalized spacial score (nSPS) is 11.8. The topological polar surface area (TPSA) is 59.0 Å². The van der Waals surface area contributed by atoms with Gasteiger partial charge in [-0.3, -0.25) is 0 Å². The molecular formula is C13H19NO4. The number of nitrogens with zero attached hydrogens (tertiary/aromatic N) is 1. The Morgan fingerprint density at radius 3 is 2.39 bits per heavy atom. The first-order chi connectivity index (χ1) is 8.43. The molecule has 0 aliphatic heterocycles. The fraction of sp³-hybridized carbons (Fsp3) is 0.462. The van der Waals surface area contributed by atoms with Crippen LogP contribution in [0.5, 0.6) is 11.5 Å². The zero-order chi connectivity index (χ0) is 13.9. The molecule has 0 spiro atoms. The summed E-state index contributed by atoms with van der Waals surface area (Å²) in [6.07, 6.45) is 0. The van der Waals surface area contributed by atoms with Gasteiger partial charge in [0.2, 0.25) is 0 Å². The molecule has 0 saturated heterocycles. The van der Waals surface area contributed by atoms with Crippen molar-refractivity contribution in [1.82, 2.24) is 0 Å². The van der Waals surface area contributed by atoms with Gasteiger partial charge in [0.1, 0.15) is 17.5 Å².